The van der Waals surface area contributed by atoms with E-state index >= 15 is 0 Å². The van der Waals surface area contributed by atoms with Crippen LogP contribution in [0.2, 0.25) is 0 Å². The van der Waals surface area contributed by atoms with Gasteiger partial charge in [0.05, 0.1) is 12.5 Å². The molecule has 6 nitrogen and oxygen atoms in total. The smallest absolute Gasteiger partial charge is 0.251 e. The van der Waals surface area contributed by atoms with Crippen molar-refractivity contribution in [1.29, 1.82) is 0 Å². The second-order valence-corrected chi connectivity index (χ2v) is 5.93. The molecule has 2 N–H and O–H groups in total. The molecule has 0 saturated carbocycles. The van der Waals surface area contributed by atoms with Gasteiger partial charge in [-0.05, 0) is 17.7 Å². The van der Waals surface area contributed by atoms with Gasteiger partial charge in [-0.15, -0.1) is 0 Å². The van der Waals surface area contributed by atoms with Gasteiger partial charge in [0.25, 0.3) is 5.91 Å². The molecule has 1 heterocycles. The molecule has 0 bridgehead atoms. The Morgan fingerprint density at radius 2 is 1.65 bits per heavy atom. The Balaban J connectivity index is 1.73. The summed E-state index contributed by atoms with van der Waals surface area (Å²) in [6.45, 7) is 0. The third kappa shape index (κ3) is 4.57. The van der Waals surface area contributed by atoms with Crippen LogP contribution in [0.4, 0.5) is 5.82 Å². The van der Waals surface area contributed by atoms with Gasteiger partial charge in [-0.2, -0.15) is 5.10 Å². The summed E-state index contributed by atoms with van der Waals surface area (Å²) in [6.07, 6.45) is 1.86. The van der Waals surface area contributed by atoms with Crippen molar-refractivity contribution in [3.05, 3.63) is 84.1 Å². The molecule has 1 unspecified atom stereocenters. The topological polar surface area (TPSA) is 76.0 Å². The number of aromatic nitrogens is 2. The summed E-state index contributed by atoms with van der Waals surface area (Å²) in [5, 5.41) is 9.84. The van der Waals surface area contributed by atoms with Crippen LogP contribution in [0.25, 0.3) is 0 Å². The maximum Gasteiger partial charge on any atom is 0.251 e. The molecule has 0 spiro atoms. The Bertz CT molecular complexity index is 875. The Hall–Kier alpha value is -3.41. The number of anilines is 1. The Labute approximate surface area is 151 Å². The lowest BCUT2D eigenvalue weighted by molar-refractivity contribution is -0.116. The van der Waals surface area contributed by atoms with E-state index in [2.05, 4.69) is 15.7 Å². The van der Waals surface area contributed by atoms with Crippen LogP contribution in [0.5, 0.6) is 0 Å². The molecule has 0 saturated heterocycles. The molecule has 0 radical (unpaired) electrons. The summed E-state index contributed by atoms with van der Waals surface area (Å²) in [5.41, 5.74) is 1.42. The highest BCUT2D eigenvalue weighted by Gasteiger charge is 2.19. The van der Waals surface area contributed by atoms with Crippen LogP contribution in [0.3, 0.4) is 0 Å². The predicted octanol–water partition coefficient (Wildman–Crippen LogP) is 2.92. The SMILES string of the molecule is Cn1ccc(NC(=O)CC(NC(=O)c2ccccc2)c2ccccc2)n1. The van der Waals surface area contributed by atoms with Crippen molar-refractivity contribution in [1.82, 2.24) is 15.1 Å². The molecule has 1 aromatic heterocycles. The number of benzene rings is 2. The van der Waals surface area contributed by atoms with Crippen LogP contribution in [0, 0.1) is 0 Å². The number of carbonyl (C=O) groups excluding carboxylic acids is 2. The third-order valence-electron chi connectivity index (χ3n) is 3.91. The first kappa shape index (κ1) is 17.4. The second-order valence-electron chi connectivity index (χ2n) is 5.93. The van der Waals surface area contributed by atoms with Crippen LogP contribution < -0.4 is 10.6 Å². The third-order valence-corrected chi connectivity index (χ3v) is 3.91. The molecular formula is C20H20N4O2. The van der Waals surface area contributed by atoms with Gasteiger partial charge < -0.3 is 10.6 Å². The Morgan fingerprint density at radius 3 is 2.27 bits per heavy atom. The first-order chi connectivity index (χ1) is 12.6. The number of carbonyl (C=O) groups is 2. The largest absolute Gasteiger partial charge is 0.345 e. The fourth-order valence-corrected chi connectivity index (χ4v) is 2.63. The van der Waals surface area contributed by atoms with Crippen molar-refractivity contribution in [2.45, 2.75) is 12.5 Å². The molecule has 2 aromatic carbocycles. The van der Waals surface area contributed by atoms with Gasteiger partial charge >= 0.3 is 0 Å². The minimum absolute atomic E-state index is 0.110. The van der Waals surface area contributed by atoms with Crippen LogP contribution in [-0.2, 0) is 11.8 Å². The minimum atomic E-state index is -0.437. The van der Waals surface area contributed by atoms with E-state index in [9.17, 15) is 9.59 Å². The standard InChI is InChI=1S/C20H20N4O2/c1-24-13-12-18(23-24)22-19(25)14-17(15-8-4-2-5-9-15)21-20(26)16-10-6-3-7-11-16/h2-13,17H,14H2,1H3,(H,21,26)(H,22,23,25). The van der Waals surface area contributed by atoms with Crippen LogP contribution in [-0.4, -0.2) is 21.6 Å². The van der Waals surface area contributed by atoms with Crippen LogP contribution in [0.1, 0.15) is 28.4 Å². The van der Waals surface area contributed by atoms with Crippen molar-refractivity contribution < 1.29 is 9.59 Å². The fraction of sp³-hybridized carbons (Fsp3) is 0.150. The first-order valence-electron chi connectivity index (χ1n) is 8.32. The minimum Gasteiger partial charge on any atom is -0.345 e. The molecule has 1 atom stereocenters. The van der Waals surface area contributed by atoms with Crippen LogP contribution in [0.15, 0.2) is 72.9 Å². The summed E-state index contributed by atoms with van der Waals surface area (Å²) in [6, 6.07) is 19.7. The van der Waals surface area contributed by atoms with E-state index in [0.717, 1.165) is 5.56 Å². The molecule has 0 aliphatic carbocycles. The fourth-order valence-electron chi connectivity index (χ4n) is 2.63. The monoisotopic (exact) mass is 348 g/mol. The van der Waals surface area contributed by atoms with Gasteiger partial charge in [-0.3, -0.25) is 14.3 Å². The van der Waals surface area contributed by atoms with Crippen molar-refractivity contribution in [3.8, 4) is 0 Å². The lowest BCUT2D eigenvalue weighted by Crippen LogP contribution is -2.31. The number of rotatable bonds is 6. The molecule has 3 rings (SSSR count). The van der Waals surface area contributed by atoms with E-state index in [4.69, 9.17) is 0 Å². The van der Waals surface area contributed by atoms with Crippen molar-refractivity contribution in [2.75, 3.05) is 5.32 Å². The van der Waals surface area contributed by atoms with E-state index in [-0.39, 0.29) is 18.2 Å². The van der Waals surface area contributed by atoms with Gasteiger partial charge in [0, 0.05) is 24.9 Å². The molecule has 0 aliphatic heterocycles. The molecule has 0 aliphatic rings. The normalized spacial score (nSPS) is 11.6. The zero-order chi connectivity index (χ0) is 18.4. The van der Waals surface area contributed by atoms with Crippen molar-refractivity contribution >= 4 is 17.6 Å². The molecule has 26 heavy (non-hydrogen) atoms. The second kappa shape index (κ2) is 8.11. The quantitative estimate of drug-likeness (QED) is 0.719. The number of nitrogens with zero attached hydrogens (tertiary/aromatic N) is 2. The summed E-state index contributed by atoms with van der Waals surface area (Å²) < 4.78 is 1.61. The highest BCUT2D eigenvalue weighted by atomic mass is 16.2. The maximum atomic E-state index is 12.5. The van der Waals surface area contributed by atoms with Crippen molar-refractivity contribution in [2.24, 2.45) is 7.05 Å². The van der Waals surface area contributed by atoms with Gasteiger partial charge in [0.2, 0.25) is 5.91 Å². The van der Waals surface area contributed by atoms with E-state index in [1.54, 1.807) is 48.3 Å². The van der Waals surface area contributed by atoms with E-state index in [1.165, 1.54) is 0 Å². The number of amides is 2. The Morgan fingerprint density at radius 1 is 1.00 bits per heavy atom. The zero-order valence-corrected chi connectivity index (χ0v) is 14.4. The number of nitrogens with one attached hydrogen (secondary N) is 2. The lowest BCUT2D eigenvalue weighted by atomic mass is 10.0. The highest BCUT2D eigenvalue weighted by Crippen LogP contribution is 2.18. The lowest BCUT2D eigenvalue weighted by Gasteiger charge is -2.19. The maximum absolute atomic E-state index is 12.5. The summed E-state index contributed by atoms with van der Waals surface area (Å²) in [5.74, 6) is 0.0506. The summed E-state index contributed by atoms with van der Waals surface area (Å²) in [4.78, 5) is 24.9. The van der Waals surface area contributed by atoms with Gasteiger partial charge in [0.1, 0.15) is 0 Å². The summed E-state index contributed by atoms with van der Waals surface area (Å²) >= 11 is 0. The Kier molecular flexibility index (Phi) is 5.43. The van der Waals surface area contributed by atoms with Gasteiger partial charge in [-0.25, -0.2) is 0 Å². The molecule has 132 valence electrons. The van der Waals surface area contributed by atoms with Crippen molar-refractivity contribution in [3.63, 3.8) is 0 Å². The van der Waals surface area contributed by atoms with E-state index < -0.39 is 6.04 Å². The number of hydrogen-bond donors (Lipinski definition) is 2. The summed E-state index contributed by atoms with van der Waals surface area (Å²) in [7, 11) is 1.78. The molecule has 2 amide bonds. The molecule has 0 fully saturated rings. The van der Waals surface area contributed by atoms with E-state index in [0.29, 0.717) is 11.4 Å². The number of aryl methyl sites for hydroxylation is 1. The molecular weight excluding hydrogens is 328 g/mol. The first-order valence-corrected chi connectivity index (χ1v) is 8.32. The average molecular weight is 348 g/mol. The van der Waals surface area contributed by atoms with Gasteiger partial charge in [-0.1, -0.05) is 48.5 Å². The molecule has 6 heteroatoms. The zero-order valence-electron chi connectivity index (χ0n) is 14.4. The van der Waals surface area contributed by atoms with Gasteiger partial charge in [0.15, 0.2) is 5.82 Å². The predicted molar refractivity (Wildman–Crippen MR) is 99.5 cm³/mol. The highest BCUT2D eigenvalue weighted by molar-refractivity contribution is 5.95. The van der Waals surface area contributed by atoms with E-state index in [1.807, 2.05) is 36.4 Å². The average Bonchev–Trinajstić information content (AvgIpc) is 3.07. The van der Waals surface area contributed by atoms with Crippen LogP contribution >= 0.6 is 0 Å². The number of hydrogen-bond acceptors (Lipinski definition) is 3. The molecule has 3 aromatic rings.